The number of hydrogen-bond donors (Lipinski definition) is 10. The van der Waals surface area contributed by atoms with Crippen LogP contribution in [0.1, 0.15) is 32.1 Å². The van der Waals surface area contributed by atoms with Gasteiger partial charge in [0.05, 0.1) is 43.1 Å². The third kappa shape index (κ3) is 7.51. The van der Waals surface area contributed by atoms with Crippen LogP contribution in [0.2, 0.25) is 0 Å². The summed E-state index contributed by atoms with van der Waals surface area (Å²) >= 11 is 0. The van der Waals surface area contributed by atoms with Crippen molar-refractivity contribution in [3.05, 3.63) is 0 Å². The molecule has 14 nitrogen and oxygen atoms in total. The Labute approximate surface area is 211 Å². The highest BCUT2D eigenvalue weighted by Crippen LogP contribution is 2.31. The lowest BCUT2D eigenvalue weighted by Crippen LogP contribution is -2.65. The third-order valence-electron chi connectivity index (χ3n) is 7.35. The minimum Gasteiger partial charge on any atom is -0.394 e. The Balaban J connectivity index is 1.71. The average molecular weight is 523 g/mol. The summed E-state index contributed by atoms with van der Waals surface area (Å²) in [5, 5.41) is 43.8. The molecule has 36 heavy (non-hydrogen) atoms. The van der Waals surface area contributed by atoms with Gasteiger partial charge >= 0.3 is 0 Å². The summed E-state index contributed by atoms with van der Waals surface area (Å²) in [6, 6.07) is -2.11. The SMILES string of the molecule is NCC[C@H](O)CN[C@@H]1C[C@H](N)[C@@H](O[C@H]2O[C@H](CN)CC[C@H]2N)C[C@H]1O[C@H]1O[C@H](CO)[C@@H](O)[C@H](N)[C@H]1O. The van der Waals surface area contributed by atoms with Crippen LogP contribution < -0.4 is 34.0 Å². The molecule has 2 heterocycles. The van der Waals surface area contributed by atoms with Crippen molar-refractivity contribution in [3.63, 3.8) is 0 Å². The van der Waals surface area contributed by atoms with E-state index in [1.165, 1.54) is 0 Å². The lowest BCUT2D eigenvalue weighted by atomic mass is 9.85. The minimum absolute atomic E-state index is 0.144. The molecule has 0 aromatic rings. The quantitative estimate of drug-likeness (QED) is 0.122. The average Bonchev–Trinajstić information content (AvgIpc) is 2.86. The summed E-state index contributed by atoms with van der Waals surface area (Å²) in [5.41, 5.74) is 30.0. The molecule has 212 valence electrons. The Morgan fingerprint density at radius 3 is 2.31 bits per heavy atom. The first-order valence-corrected chi connectivity index (χ1v) is 12.9. The highest BCUT2D eigenvalue weighted by Gasteiger charge is 2.47. The monoisotopic (exact) mass is 522 g/mol. The molecule has 13 atom stereocenters. The summed E-state index contributed by atoms with van der Waals surface area (Å²) in [7, 11) is 0. The van der Waals surface area contributed by atoms with Crippen molar-refractivity contribution < 1.29 is 39.4 Å². The molecule has 3 aliphatic rings. The second kappa shape index (κ2) is 14.0. The molecule has 3 rings (SSSR count). The van der Waals surface area contributed by atoms with Crippen LogP contribution in [-0.4, -0.2) is 126 Å². The summed E-state index contributed by atoms with van der Waals surface area (Å²) < 4.78 is 23.9. The largest absolute Gasteiger partial charge is 0.394 e. The van der Waals surface area contributed by atoms with Gasteiger partial charge in [-0.3, -0.25) is 0 Å². The Kier molecular flexibility index (Phi) is 11.7. The number of ether oxygens (including phenoxy) is 4. The van der Waals surface area contributed by atoms with Gasteiger partial charge in [-0.2, -0.15) is 0 Å². The second-order valence-corrected chi connectivity index (χ2v) is 10.1. The van der Waals surface area contributed by atoms with Gasteiger partial charge in [0.25, 0.3) is 0 Å². The molecule has 1 saturated carbocycles. The Morgan fingerprint density at radius 1 is 0.917 bits per heavy atom. The van der Waals surface area contributed by atoms with Crippen LogP contribution in [-0.2, 0) is 18.9 Å². The van der Waals surface area contributed by atoms with E-state index in [1.54, 1.807) is 0 Å². The van der Waals surface area contributed by atoms with Crippen molar-refractivity contribution in [1.82, 2.24) is 5.32 Å². The zero-order valence-electron chi connectivity index (χ0n) is 20.7. The highest BCUT2D eigenvalue weighted by atomic mass is 16.7. The first-order chi connectivity index (χ1) is 17.2. The number of aliphatic hydroxyl groups excluding tert-OH is 4. The summed E-state index contributed by atoms with van der Waals surface area (Å²) in [4.78, 5) is 0. The van der Waals surface area contributed by atoms with E-state index < -0.39 is 67.9 Å². The van der Waals surface area contributed by atoms with Crippen molar-refractivity contribution in [1.29, 1.82) is 0 Å². The van der Waals surface area contributed by atoms with Gasteiger partial charge in [-0.05, 0) is 32.2 Å². The molecule has 2 saturated heterocycles. The standard InChI is InChI=1S/C22H46N6O8/c23-4-3-10(30)8-28-14-5-13(26)15(34-21-12(25)2-1-11(7-24)33-21)6-16(14)35-22-20(32)18(27)19(31)17(9-29)36-22/h10-22,28-32H,1-9,23-27H2/t10-,11-,12+,13-,14+,15-,16+,17+,18-,19+,20+,21+,22-/m0/s1. The van der Waals surface area contributed by atoms with Gasteiger partial charge in [0.2, 0.25) is 0 Å². The van der Waals surface area contributed by atoms with Crippen molar-refractivity contribution >= 4 is 0 Å². The highest BCUT2D eigenvalue weighted by molar-refractivity contribution is 4.97. The number of aliphatic hydroxyl groups is 4. The number of rotatable bonds is 11. The molecule has 0 amide bonds. The molecule has 0 aromatic heterocycles. The molecule has 2 aliphatic heterocycles. The molecule has 1 aliphatic carbocycles. The first-order valence-electron chi connectivity index (χ1n) is 12.9. The Morgan fingerprint density at radius 2 is 1.64 bits per heavy atom. The Hall–Kier alpha value is -0.560. The molecular weight excluding hydrogens is 476 g/mol. The van der Waals surface area contributed by atoms with E-state index in [1.807, 2.05) is 0 Å². The normalized spacial score (nSPS) is 44.9. The van der Waals surface area contributed by atoms with Crippen LogP contribution >= 0.6 is 0 Å². The first kappa shape index (κ1) is 30.0. The molecule has 0 radical (unpaired) electrons. The van der Waals surface area contributed by atoms with Crippen molar-refractivity contribution in [2.75, 3.05) is 26.2 Å². The molecule has 14 heteroatoms. The smallest absolute Gasteiger partial charge is 0.186 e. The summed E-state index contributed by atoms with van der Waals surface area (Å²) in [6.45, 7) is 0.482. The van der Waals surface area contributed by atoms with Crippen LogP contribution in [0.25, 0.3) is 0 Å². The topological polar surface area (TPSA) is 260 Å². The maximum Gasteiger partial charge on any atom is 0.186 e. The van der Waals surface area contributed by atoms with Crippen LogP contribution in [0.4, 0.5) is 0 Å². The number of nitrogens with two attached hydrogens (primary N) is 5. The molecule has 0 spiro atoms. The van der Waals surface area contributed by atoms with Crippen LogP contribution in [0, 0.1) is 0 Å². The zero-order valence-corrected chi connectivity index (χ0v) is 20.7. The minimum atomic E-state index is -1.33. The maximum absolute atomic E-state index is 10.6. The molecule has 15 N–H and O–H groups in total. The van der Waals surface area contributed by atoms with Gasteiger partial charge in [-0.25, -0.2) is 0 Å². The molecule has 3 fully saturated rings. The van der Waals surface area contributed by atoms with Crippen molar-refractivity contribution in [2.24, 2.45) is 28.7 Å². The van der Waals surface area contributed by atoms with Gasteiger partial charge in [-0.15, -0.1) is 0 Å². The van der Waals surface area contributed by atoms with E-state index in [9.17, 15) is 20.4 Å². The van der Waals surface area contributed by atoms with Crippen LogP contribution in [0.3, 0.4) is 0 Å². The van der Waals surface area contributed by atoms with E-state index in [0.29, 0.717) is 38.8 Å². The molecule has 0 bridgehead atoms. The summed E-state index contributed by atoms with van der Waals surface area (Å²) in [6.07, 6.45) is -4.69. The lowest BCUT2D eigenvalue weighted by Gasteiger charge is -2.46. The van der Waals surface area contributed by atoms with E-state index >= 15 is 0 Å². The van der Waals surface area contributed by atoms with Crippen molar-refractivity contribution in [3.8, 4) is 0 Å². The van der Waals surface area contributed by atoms with Crippen LogP contribution in [0.15, 0.2) is 0 Å². The predicted molar refractivity (Wildman–Crippen MR) is 129 cm³/mol. The fourth-order valence-electron chi connectivity index (χ4n) is 5.02. The lowest BCUT2D eigenvalue weighted by molar-refractivity contribution is -0.299. The van der Waals surface area contributed by atoms with Gasteiger partial charge in [0.15, 0.2) is 12.6 Å². The molecule has 0 unspecified atom stereocenters. The molecular formula is C22H46N6O8. The number of nitrogens with one attached hydrogen (secondary N) is 1. The van der Waals surface area contributed by atoms with E-state index in [0.717, 1.165) is 6.42 Å². The van der Waals surface area contributed by atoms with Gasteiger partial charge < -0.3 is 73.4 Å². The third-order valence-corrected chi connectivity index (χ3v) is 7.35. The zero-order chi connectivity index (χ0) is 26.4. The fraction of sp³-hybridized carbons (Fsp3) is 1.00. The van der Waals surface area contributed by atoms with Gasteiger partial charge in [0.1, 0.15) is 18.3 Å². The summed E-state index contributed by atoms with van der Waals surface area (Å²) in [5.74, 6) is 0. The van der Waals surface area contributed by atoms with Gasteiger partial charge in [-0.1, -0.05) is 0 Å². The fourth-order valence-corrected chi connectivity index (χ4v) is 5.02. The number of hydrogen-bond acceptors (Lipinski definition) is 14. The second-order valence-electron chi connectivity index (χ2n) is 10.1. The van der Waals surface area contributed by atoms with Gasteiger partial charge in [0, 0.05) is 31.6 Å². The molecule has 0 aromatic carbocycles. The van der Waals surface area contributed by atoms with Crippen LogP contribution in [0.5, 0.6) is 0 Å². The van der Waals surface area contributed by atoms with E-state index in [2.05, 4.69) is 5.32 Å². The maximum atomic E-state index is 10.6. The van der Waals surface area contributed by atoms with E-state index in [4.69, 9.17) is 47.6 Å². The Bertz CT molecular complexity index is 654. The predicted octanol–water partition coefficient (Wildman–Crippen LogP) is -4.90. The van der Waals surface area contributed by atoms with Crippen molar-refractivity contribution in [2.45, 2.75) is 112 Å². The van der Waals surface area contributed by atoms with E-state index in [-0.39, 0.29) is 24.7 Å².